The van der Waals surface area contributed by atoms with Crippen LogP contribution in [0.2, 0.25) is 5.02 Å². The van der Waals surface area contributed by atoms with Crippen LogP contribution in [0.1, 0.15) is 37.1 Å². The van der Waals surface area contributed by atoms with Gasteiger partial charge in [-0.25, -0.2) is 9.37 Å². The summed E-state index contributed by atoms with van der Waals surface area (Å²) in [7, 11) is 0. The summed E-state index contributed by atoms with van der Waals surface area (Å²) in [6, 6.07) is 9.35. The van der Waals surface area contributed by atoms with Gasteiger partial charge in [-0.3, -0.25) is 4.79 Å². The molecule has 9 heteroatoms. The predicted molar refractivity (Wildman–Crippen MR) is 109 cm³/mol. The van der Waals surface area contributed by atoms with Crippen molar-refractivity contribution in [2.24, 2.45) is 0 Å². The molecule has 2 aromatic carbocycles. The molecule has 0 radical (unpaired) electrons. The van der Waals surface area contributed by atoms with Crippen LogP contribution >= 0.6 is 11.6 Å². The number of aryl methyl sites for hydroxylation is 1. The van der Waals surface area contributed by atoms with Gasteiger partial charge in [0.15, 0.2) is 0 Å². The number of benzene rings is 2. The number of rotatable bonds is 5. The van der Waals surface area contributed by atoms with Gasteiger partial charge in [0.2, 0.25) is 5.91 Å². The molecular formula is C22H18ClF4N3O. The molecule has 31 heavy (non-hydrogen) atoms. The maximum atomic E-state index is 14.0. The van der Waals surface area contributed by atoms with Gasteiger partial charge in [-0.05, 0) is 55.2 Å². The van der Waals surface area contributed by atoms with Gasteiger partial charge in [0.1, 0.15) is 11.6 Å². The lowest BCUT2D eigenvalue weighted by molar-refractivity contribution is -0.135. The molecule has 0 N–H and O–H groups in total. The first-order chi connectivity index (χ1) is 14.7. The third kappa shape index (κ3) is 3.46. The molecule has 0 saturated heterocycles. The number of carbonyl (C=O) groups is 1. The first-order valence-corrected chi connectivity index (χ1v) is 10.4. The molecule has 1 aromatic heterocycles. The number of hydrogen-bond donors (Lipinski definition) is 0. The second kappa shape index (κ2) is 6.95. The number of imidazole rings is 1. The summed E-state index contributed by atoms with van der Waals surface area (Å²) in [5, 5.41) is 0.459. The molecule has 2 heterocycles. The van der Waals surface area contributed by atoms with Crippen molar-refractivity contribution in [3.05, 3.63) is 58.6 Å². The molecule has 1 aliphatic carbocycles. The third-order valence-corrected chi connectivity index (χ3v) is 6.34. The Morgan fingerprint density at radius 1 is 1.13 bits per heavy atom. The number of halogens is 5. The van der Waals surface area contributed by atoms with Gasteiger partial charge < -0.3 is 9.47 Å². The smallest absolute Gasteiger partial charge is 0.326 e. The highest BCUT2D eigenvalue weighted by molar-refractivity contribution is 6.31. The standard InChI is InChI=1S/C22H18ClF4N3O/c23-13-2-5-17-16(10-13)28-19(29(17)9-1-6-22(25,26)27)12-30-18-11-14(24)3-4-15(18)21(7-8-21)20(30)31/h2-5,10-11H,1,6-9,12H2. The Labute approximate surface area is 180 Å². The quantitative estimate of drug-likeness (QED) is 0.463. The van der Waals surface area contributed by atoms with Crippen LogP contribution < -0.4 is 4.90 Å². The van der Waals surface area contributed by atoms with E-state index in [1.54, 1.807) is 28.8 Å². The first-order valence-electron chi connectivity index (χ1n) is 10.0. The van der Waals surface area contributed by atoms with Crippen molar-refractivity contribution in [1.29, 1.82) is 0 Å². The van der Waals surface area contributed by atoms with E-state index in [-0.39, 0.29) is 25.4 Å². The molecule has 1 amide bonds. The average Bonchev–Trinajstić information content (AvgIpc) is 3.38. The Kier molecular flexibility index (Phi) is 4.55. The number of fused-ring (bicyclic) bond motifs is 3. The maximum absolute atomic E-state index is 14.0. The molecule has 0 unspecified atom stereocenters. The third-order valence-electron chi connectivity index (χ3n) is 6.10. The number of nitrogens with zero attached hydrogens (tertiary/aromatic N) is 3. The number of amides is 1. The van der Waals surface area contributed by atoms with E-state index in [0.29, 0.717) is 40.4 Å². The fourth-order valence-corrected chi connectivity index (χ4v) is 4.65. The van der Waals surface area contributed by atoms with Gasteiger partial charge in [0, 0.05) is 18.0 Å². The van der Waals surface area contributed by atoms with E-state index >= 15 is 0 Å². The van der Waals surface area contributed by atoms with E-state index in [1.165, 1.54) is 17.0 Å². The SMILES string of the molecule is O=C1N(Cc2nc3cc(Cl)ccc3n2CCCC(F)(F)F)c2cc(F)ccc2C12CC2. The lowest BCUT2D eigenvalue weighted by atomic mass is 9.98. The topological polar surface area (TPSA) is 38.1 Å². The normalized spacial score (nSPS) is 17.1. The number of aromatic nitrogens is 2. The summed E-state index contributed by atoms with van der Waals surface area (Å²) in [5.74, 6) is -0.111. The van der Waals surface area contributed by atoms with Gasteiger partial charge in [0.25, 0.3) is 0 Å². The Morgan fingerprint density at radius 2 is 1.90 bits per heavy atom. The Bertz CT molecular complexity index is 1200. The molecule has 1 spiro atoms. The van der Waals surface area contributed by atoms with Crippen LogP contribution in [0.15, 0.2) is 36.4 Å². The van der Waals surface area contributed by atoms with Gasteiger partial charge >= 0.3 is 6.18 Å². The Balaban J connectivity index is 1.52. The molecule has 1 fully saturated rings. The molecule has 162 valence electrons. The number of hydrogen-bond acceptors (Lipinski definition) is 2. The van der Waals surface area contributed by atoms with E-state index in [0.717, 1.165) is 5.56 Å². The van der Waals surface area contributed by atoms with E-state index in [4.69, 9.17) is 11.6 Å². The molecule has 0 atom stereocenters. The van der Waals surface area contributed by atoms with E-state index in [1.807, 2.05) is 0 Å². The summed E-state index contributed by atoms with van der Waals surface area (Å²) in [5.41, 5.74) is 1.91. The summed E-state index contributed by atoms with van der Waals surface area (Å²) < 4.78 is 53.7. The average molecular weight is 452 g/mol. The maximum Gasteiger partial charge on any atom is 0.389 e. The largest absolute Gasteiger partial charge is 0.389 e. The van der Waals surface area contributed by atoms with Crippen LogP contribution in [-0.4, -0.2) is 21.6 Å². The summed E-state index contributed by atoms with van der Waals surface area (Å²) in [4.78, 5) is 19.3. The number of carbonyl (C=O) groups excluding carboxylic acids is 1. The molecule has 1 saturated carbocycles. The number of anilines is 1. The van der Waals surface area contributed by atoms with Gasteiger partial charge in [-0.1, -0.05) is 17.7 Å². The van der Waals surface area contributed by atoms with Crippen LogP contribution in [0.5, 0.6) is 0 Å². The van der Waals surface area contributed by atoms with E-state index in [2.05, 4.69) is 4.98 Å². The van der Waals surface area contributed by atoms with Crippen molar-refractivity contribution >= 4 is 34.2 Å². The minimum atomic E-state index is -4.25. The molecule has 5 rings (SSSR count). The molecule has 3 aromatic rings. The summed E-state index contributed by atoms with van der Waals surface area (Å²) in [6.07, 6.45) is -3.87. The van der Waals surface area contributed by atoms with Gasteiger partial charge in [-0.15, -0.1) is 0 Å². The zero-order valence-electron chi connectivity index (χ0n) is 16.3. The highest BCUT2D eigenvalue weighted by atomic mass is 35.5. The van der Waals surface area contributed by atoms with Crippen LogP contribution in [0.25, 0.3) is 11.0 Å². The second-order valence-electron chi connectivity index (χ2n) is 8.17. The van der Waals surface area contributed by atoms with Crippen LogP contribution in [0.3, 0.4) is 0 Å². The lowest BCUT2D eigenvalue weighted by Crippen LogP contribution is -2.32. The minimum absolute atomic E-state index is 0.0509. The van der Waals surface area contributed by atoms with Crippen molar-refractivity contribution in [2.45, 2.75) is 50.4 Å². The fourth-order valence-electron chi connectivity index (χ4n) is 4.48. The van der Waals surface area contributed by atoms with Crippen LogP contribution in [0, 0.1) is 5.82 Å². The molecule has 1 aliphatic heterocycles. The fraction of sp³-hybridized carbons (Fsp3) is 0.364. The van der Waals surface area contributed by atoms with Gasteiger partial charge in [-0.2, -0.15) is 13.2 Å². The van der Waals surface area contributed by atoms with Crippen molar-refractivity contribution < 1.29 is 22.4 Å². The second-order valence-corrected chi connectivity index (χ2v) is 8.60. The van der Waals surface area contributed by atoms with Crippen LogP contribution in [-0.2, 0) is 23.3 Å². The molecule has 4 nitrogen and oxygen atoms in total. The zero-order chi connectivity index (χ0) is 22.0. The van der Waals surface area contributed by atoms with E-state index < -0.39 is 23.8 Å². The monoisotopic (exact) mass is 451 g/mol. The van der Waals surface area contributed by atoms with Crippen molar-refractivity contribution in [2.75, 3.05) is 4.90 Å². The Hall–Kier alpha value is -2.61. The predicted octanol–water partition coefficient (Wildman–Crippen LogP) is 5.75. The van der Waals surface area contributed by atoms with E-state index in [9.17, 15) is 22.4 Å². The van der Waals surface area contributed by atoms with Crippen molar-refractivity contribution in [3.63, 3.8) is 0 Å². The first kappa shape index (κ1) is 20.3. The minimum Gasteiger partial charge on any atom is -0.326 e. The highest BCUT2D eigenvalue weighted by Crippen LogP contribution is 2.57. The number of alkyl halides is 3. The molecule has 2 aliphatic rings. The molecule has 0 bridgehead atoms. The summed E-state index contributed by atoms with van der Waals surface area (Å²) in [6.45, 7) is 0.144. The van der Waals surface area contributed by atoms with Crippen molar-refractivity contribution in [3.8, 4) is 0 Å². The van der Waals surface area contributed by atoms with Crippen LogP contribution in [0.4, 0.5) is 23.2 Å². The summed E-state index contributed by atoms with van der Waals surface area (Å²) >= 11 is 6.06. The Morgan fingerprint density at radius 3 is 2.61 bits per heavy atom. The lowest BCUT2D eigenvalue weighted by Gasteiger charge is -2.19. The molecular weight excluding hydrogens is 434 g/mol. The zero-order valence-corrected chi connectivity index (χ0v) is 17.1. The van der Waals surface area contributed by atoms with Gasteiger partial charge in [0.05, 0.1) is 28.7 Å². The highest BCUT2D eigenvalue weighted by Gasteiger charge is 2.59. The van der Waals surface area contributed by atoms with Crippen molar-refractivity contribution in [1.82, 2.24) is 9.55 Å².